The summed E-state index contributed by atoms with van der Waals surface area (Å²) in [6.45, 7) is 11.4. The van der Waals surface area contributed by atoms with Gasteiger partial charge in [-0.2, -0.15) is 0 Å². The Labute approximate surface area is 157 Å². The van der Waals surface area contributed by atoms with Crippen LogP contribution in [0.25, 0.3) is 0 Å². The van der Waals surface area contributed by atoms with E-state index in [9.17, 15) is 5.11 Å². The van der Waals surface area contributed by atoms with Crippen molar-refractivity contribution in [3.63, 3.8) is 0 Å². The van der Waals surface area contributed by atoms with Gasteiger partial charge in [-0.05, 0) is 37.2 Å². The summed E-state index contributed by atoms with van der Waals surface area (Å²) >= 11 is 0. The number of rotatable bonds is 10. The smallest absolute Gasteiger partial charge is 0.161 e. The molecule has 1 aromatic rings. The van der Waals surface area contributed by atoms with Crippen LogP contribution in [0.1, 0.15) is 25.8 Å². The van der Waals surface area contributed by atoms with E-state index in [1.807, 2.05) is 12.1 Å². The number of likely N-dealkylation sites (N-methyl/N-ethyl adjacent to an activating group) is 1. The summed E-state index contributed by atoms with van der Waals surface area (Å²) in [5, 5.41) is 10.2. The van der Waals surface area contributed by atoms with Crippen molar-refractivity contribution in [3.8, 4) is 11.5 Å². The molecule has 0 aromatic heterocycles. The van der Waals surface area contributed by atoms with Gasteiger partial charge in [0.05, 0.1) is 13.7 Å². The molecule has 0 amide bonds. The largest absolute Gasteiger partial charge is 0.493 e. The lowest BCUT2D eigenvalue weighted by Crippen LogP contribution is -2.35. The summed E-state index contributed by atoms with van der Waals surface area (Å²) in [6.07, 6.45) is 0.544. The van der Waals surface area contributed by atoms with Crippen LogP contribution in [0.2, 0.25) is 0 Å². The van der Waals surface area contributed by atoms with Crippen molar-refractivity contribution in [3.05, 3.63) is 23.8 Å². The normalized spacial score (nSPS) is 17.1. The zero-order chi connectivity index (χ0) is 18.8. The summed E-state index contributed by atoms with van der Waals surface area (Å²) in [5.41, 5.74) is 1.18. The highest BCUT2D eigenvalue weighted by molar-refractivity contribution is 5.43. The molecule has 1 fully saturated rings. The fourth-order valence-electron chi connectivity index (χ4n) is 3.16. The van der Waals surface area contributed by atoms with Gasteiger partial charge in [-0.25, -0.2) is 0 Å². The third kappa shape index (κ3) is 6.76. The van der Waals surface area contributed by atoms with E-state index in [0.29, 0.717) is 18.0 Å². The molecular formula is C20H34N2O4. The van der Waals surface area contributed by atoms with E-state index in [0.717, 1.165) is 52.4 Å². The molecule has 0 radical (unpaired) electrons. The molecule has 0 unspecified atom stereocenters. The lowest BCUT2D eigenvalue weighted by atomic mass is 10.2. The van der Waals surface area contributed by atoms with Crippen molar-refractivity contribution in [1.29, 1.82) is 0 Å². The molecule has 148 valence electrons. The maximum atomic E-state index is 10.2. The molecule has 1 heterocycles. The minimum Gasteiger partial charge on any atom is -0.493 e. The van der Waals surface area contributed by atoms with Crippen molar-refractivity contribution < 1.29 is 19.3 Å². The average Bonchev–Trinajstić information content (AvgIpc) is 2.93. The SMILES string of the molecule is CCN(CC)C[C@H](O)COc1cc(CN2CCCOCC2)ccc1OC. The molecule has 1 saturated heterocycles. The van der Waals surface area contributed by atoms with Crippen molar-refractivity contribution in [2.75, 3.05) is 59.7 Å². The van der Waals surface area contributed by atoms with Gasteiger partial charge in [-0.3, -0.25) is 4.90 Å². The number of benzene rings is 1. The predicted octanol–water partition coefficient (Wildman–Crippen LogP) is 2.00. The van der Waals surface area contributed by atoms with Crippen LogP contribution in [-0.4, -0.2) is 80.7 Å². The first-order valence-electron chi connectivity index (χ1n) is 9.66. The van der Waals surface area contributed by atoms with Gasteiger partial charge < -0.3 is 24.2 Å². The molecule has 1 aromatic carbocycles. The Bertz CT molecular complexity index is 515. The van der Waals surface area contributed by atoms with Crippen LogP contribution in [0.15, 0.2) is 18.2 Å². The van der Waals surface area contributed by atoms with Gasteiger partial charge in [-0.1, -0.05) is 19.9 Å². The topological polar surface area (TPSA) is 54.4 Å². The Balaban J connectivity index is 1.95. The number of aliphatic hydroxyl groups excluding tert-OH is 1. The number of ether oxygens (including phenoxy) is 3. The van der Waals surface area contributed by atoms with Crippen LogP contribution >= 0.6 is 0 Å². The molecule has 1 aliphatic rings. The first kappa shape index (κ1) is 21.0. The molecule has 0 bridgehead atoms. The maximum Gasteiger partial charge on any atom is 0.161 e. The first-order chi connectivity index (χ1) is 12.7. The standard InChI is InChI=1S/C20H34N2O4/c1-4-21(5-2)15-18(23)16-26-20-13-17(7-8-19(20)24-3)14-22-9-6-11-25-12-10-22/h7-8,13,18,23H,4-6,9-12,14-16H2,1-3H3/t18-/m0/s1. The first-order valence-corrected chi connectivity index (χ1v) is 9.66. The quantitative estimate of drug-likeness (QED) is 0.684. The fourth-order valence-corrected chi connectivity index (χ4v) is 3.16. The van der Waals surface area contributed by atoms with Crippen molar-refractivity contribution in [2.24, 2.45) is 0 Å². The van der Waals surface area contributed by atoms with Crippen molar-refractivity contribution >= 4 is 0 Å². The second kappa shape index (κ2) is 11.4. The predicted molar refractivity (Wildman–Crippen MR) is 103 cm³/mol. The summed E-state index contributed by atoms with van der Waals surface area (Å²) in [4.78, 5) is 4.58. The Morgan fingerprint density at radius 2 is 2.00 bits per heavy atom. The van der Waals surface area contributed by atoms with Crippen LogP contribution in [-0.2, 0) is 11.3 Å². The molecule has 6 nitrogen and oxygen atoms in total. The van der Waals surface area contributed by atoms with E-state index in [1.54, 1.807) is 7.11 Å². The Kier molecular flexibility index (Phi) is 9.18. The second-order valence-electron chi connectivity index (χ2n) is 6.68. The second-order valence-corrected chi connectivity index (χ2v) is 6.68. The third-order valence-corrected chi connectivity index (χ3v) is 4.74. The Morgan fingerprint density at radius 1 is 1.19 bits per heavy atom. The number of methoxy groups -OCH3 is 1. The molecule has 1 aliphatic heterocycles. The van der Waals surface area contributed by atoms with Crippen molar-refractivity contribution in [2.45, 2.75) is 32.9 Å². The van der Waals surface area contributed by atoms with Gasteiger partial charge in [0.15, 0.2) is 11.5 Å². The number of aliphatic hydroxyl groups is 1. The van der Waals surface area contributed by atoms with E-state index < -0.39 is 6.10 Å². The number of hydrogen-bond acceptors (Lipinski definition) is 6. The summed E-state index contributed by atoms with van der Waals surface area (Å²) < 4.78 is 16.8. The lowest BCUT2D eigenvalue weighted by Gasteiger charge is -2.23. The van der Waals surface area contributed by atoms with Crippen LogP contribution in [0, 0.1) is 0 Å². The number of nitrogens with zero attached hydrogens (tertiary/aromatic N) is 2. The number of hydrogen-bond donors (Lipinski definition) is 1. The van der Waals surface area contributed by atoms with Gasteiger partial charge in [0.1, 0.15) is 12.7 Å². The van der Waals surface area contributed by atoms with Crippen LogP contribution in [0.3, 0.4) is 0 Å². The summed E-state index contributed by atoms with van der Waals surface area (Å²) in [6, 6.07) is 6.04. The van der Waals surface area contributed by atoms with E-state index >= 15 is 0 Å². The van der Waals surface area contributed by atoms with E-state index in [4.69, 9.17) is 14.2 Å². The highest BCUT2D eigenvalue weighted by Crippen LogP contribution is 2.29. The van der Waals surface area contributed by atoms with Gasteiger partial charge in [0.2, 0.25) is 0 Å². The van der Waals surface area contributed by atoms with E-state index in [-0.39, 0.29) is 6.61 Å². The van der Waals surface area contributed by atoms with Gasteiger partial charge in [-0.15, -0.1) is 0 Å². The molecule has 0 aliphatic carbocycles. The van der Waals surface area contributed by atoms with Crippen LogP contribution in [0.5, 0.6) is 11.5 Å². The van der Waals surface area contributed by atoms with Gasteiger partial charge in [0.25, 0.3) is 0 Å². The molecule has 0 spiro atoms. The summed E-state index contributed by atoms with van der Waals surface area (Å²) in [7, 11) is 1.64. The highest BCUT2D eigenvalue weighted by Gasteiger charge is 2.14. The Hall–Kier alpha value is -1.34. The molecule has 0 saturated carbocycles. The third-order valence-electron chi connectivity index (χ3n) is 4.74. The molecule has 1 N–H and O–H groups in total. The van der Waals surface area contributed by atoms with Crippen LogP contribution in [0.4, 0.5) is 0 Å². The minimum absolute atomic E-state index is 0.258. The van der Waals surface area contributed by atoms with E-state index in [1.165, 1.54) is 5.56 Å². The monoisotopic (exact) mass is 366 g/mol. The maximum absolute atomic E-state index is 10.2. The van der Waals surface area contributed by atoms with Gasteiger partial charge in [0, 0.05) is 32.8 Å². The van der Waals surface area contributed by atoms with Crippen molar-refractivity contribution in [1.82, 2.24) is 9.80 Å². The summed E-state index contributed by atoms with van der Waals surface area (Å²) in [5.74, 6) is 1.39. The lowest BCUT2D eigenvalue weighted by molar-refractivity contribution is 0.0705. The molecule has 6 heteroatoms. The Morgan fingerprint density at radius 3 is 2.73 bits per heavy atom. The van der Waals surface area contributed by atoms with Gasteiger partial charge >= 0.3 is 0 Å². The average molecular weight is 367 g/mol. The zero-order valence-corrected chi connectivity index (χ0v) is 16.4. The van der Waals surface area contributed by atoms with E-state index in [2.05, 4.69) is 29.7 Å². The molecular weight excluding hydrogens is 332 g/mol. The fraction of sp³-hybridized carbons (Fsp3) is 0.700. The molecule has 26 heavy (non-hydrogen) atoms. The molecule has 1 atom stereocenters. The molecule has 2 rings (SSSR count). The van der Waals surface area contributed by atoms with Crippen LogP contribution < -0.4 is 9.47 Å². The zero-order valence-electron chi connectivity index (χ0n) is 16.4. The minimum atomic E-state index is -0.522. The highest BCUT2D eigenvalue weighted by atomic mass is 16.5.